The minimum atomic E-state index is -2.31. The summed E-state index contributed by atoms with van der Waals surface area (Å²) in [6.45, 7) is 3.65. The molecule has 1 N–H and O–H groups in total. The van der Waals surface area contributed by atoms with Crippen molar-refractivity contribution in [2.24, 2.45) is 10.4 Å². The minimum absolute atomic E-state index is 0.385. The quantitative estimate of drug-likeness (QED) is 0.374. The number of ether oxygens (including phenoxy) is 1. The fourth-order valence-electron chi connectivity index (χ4n) is 4.10. The van der Waals surface area contributed by atoms with Crippen molar-refractivity contribution in [2.45, 2.75) is 63.5 Å². The Morgan fingerprint density at radius 2 is 1.88 bits per heavy atom. The van der Waals surface area contributed by atoms with E-state index >= 15 is 0 Å². The average molecular weight is 347 g/mol. The summed E-state index contributed by atoms with van der Waals surface area (Å²) in [5, 5.41) is 11.8. The maximum Gasteiger partial charge on any atom is 0.244 e. The van der Waals surface area contributed by atoms with Crippen LogP contribution in [0.3, 0.4) is 0 Å². The first-order chi connectivity index (χ1) is 11.8. The van der Waals surface area contributed by atoms with E-state index in [1.807, 2.05) is 50.4 Å². The minimum Gasteiger partial charge on any atom is -0.480 e. The lowest BCUT2D eigenvalue weighted by Gasteiger charge is -2.31. The predicted molar refractivity (Wildman–Crippen MR) is 91.6 cm³/mol. The number of hydrogen-bond donors (Lipinski definition) is 1. The van der Waals surface area contributed by atoms with Gasteiger partial charge in [0.1, 0.15) is 5.75 Å². The first-order valence-corrected chi connectivity index (χ1v) is 8.59. The molecule has 0 spiro atoms. The number of halogens is 2. The first kappa shape index (κ1) is 17.7. The molecule has 2 fully saturated rings. The van der Waals surface area contributed by atoms with Crippen LogP contribution in [0.4, 0.5) is 8.78 Å². The number of nitrogens with one attached hydrogen (secondary N) is 1. The lowest BCUT2D eigenvalue weighted by molar-refractivity contribution is 0.00163. The van der Waals surface area contributed by atoms with Crippen LogP contribution < -0.4 is 10.1 Å². The molecule has 2 aliphatic carbocycles. The fourth-order valence-corrected chi connectivity index (χ4v) is 4.10. The SMILES string of the molecule is CC(C)(Oc1ccccc1)C(=NC12CCC(C(F)F)(CC1)C2)NC#N. The van der Waals surface area contributed by atoms with Crippen molar-refractivity contribution in [3.8, 4) is 11.9 Å². The molecule has 2 aliphatic rings. The standard InChI is InChI=1S/C19H23F2N3O/c1-17(2,25-14-6-4-3-5-7-14)16(23-13-22)24-19-10-8-18(12-19,9-11-19)15(20)21/h3-7,15H,8-12H2,1-2H3,(H,23,24). The molecule has 6 heteroatoms. The van der Waals surface area contributed by atoms with Gasteiger partial charge in [0.2, 0.25) is 6.43 Å². The summed E-state index contributed by atoms with van der Waals surface area (Å²) in [7, 11) is 0. The van der Waals surface area contributed by atoms with Gasteiger partial charge in [-0.15, -0.1) is 0 Å². The van der Waals surface area contributed by atoms with Gasteiger partial charge < -0.3 is 4.74 Å². The smallest absolute Gasteiger partial charge is 0.244 e. The van der Waals surface area contributed by atoms with E-state index in [1.165, 1.54) is 0 Å². The Morgan fingerprint density at radius 3 is 2.40 bits per heavy atom. The molecule has 134 valence electrons. The number of rotatable bonds is 5. The molecule has 3 rings (SSSR count). The Kier molecular flexibility index (Phi) is 4.44. The predicted octanol–water partition coefficient (Wildman–Crippen LogP) is 4.28. The van der Waals surface area contributed by atoms with E-state index in [1.54, 1.807) is 0 Å². The Morgan fingerprint density at radius 1 is 1.24 bits per heavy atom. The fraction of sp³-hybridized carbons (Fsp3) is 0.579. The van der Waals surface area contributed by atoms with Crippen LogP contribution in [0.1, 0.15) is 46.0 Å². The molecular formula is C19H23F2N3O. The molecule has 0 amide bonds. The van der Waals surface area contributed by atoms with E-state index in [4.69, 9.17) is 15.0 Å². The van der Waals surface area contributed by atoms with Crippen LogP contribution >= 0.6 is 0 Å². The summed E-state index contributed by atoms with van der Waals surface area (Å²) in [6.07, 6.45) is 2.24. The molecule has 0 aliphatic heterocycles. The van der Waals surface area contributed by atoms with Crippen LogP contribution in [0.25, 0.3) is 0 Å². The topological polar surface area (TPSA) is 57.4 Å². The number of aliphatic imine (C=N–C) groups is 1. The van der Waals surface area contributed by atoms with Gasteiger partial charge in [0.25, 0.3) is 0 Å². The van der Waals surface area contributed by atoms with Crippen molar-refractivity contribution < 1.29 is 13.5 Å². The highest BCUT2D eigenvalue weighted by atomic mass is 19.3. The second-order valence-corrected chi connectivity index (χ2v) is 7.69. The second kappa shape index (κ2) is 6.29. The summed E-state index contributed by atoms with van der Waals surface area (Å²) >= 11 is 0. The maximum absolute atomic E-state index is 13.5. The third kappa shape index (κ3) is 3.33. The lowest BCUT2D eigenvalue weighted by atomic mass is 9.84. The van der Waals surface area contributed by atoms with E-state index in [-0.39, 0.29) is 0 Å². The third-order valence-electron chi connectivity index (χ3n) is 5.53. The molecule has 0 radical (unpaired) electrons. The van der Waals surface area contributed by atoms with Gasteiger partial charge in [-0.2, -0.15) is 5.26 Å². The first-order valence-electron chi connectivity index (χ1n) is 8.59. The molecular weight excluding hydrogens is 324 g/mol. The average Bonchev–Trinajstić information content (AvgIpc) is 3.13. The highest BCUT2D eigenvalue weighted by Gasteiger charge is 2.59. The highest BCUT2D eigenvalue weighted by molar-refractivity contribution is 5.91. The summed E-state index contributed by atoms with van der Waals surface area (Å²) in [4.78, 5) is 4.78. The Bertz CT molecular complexity index is 686. The van der Waals surface area contributed by atoms with Gasteiger partial charge in [0.15, 0.2) is 17.6 Å². The van der Waals surface area contributed by atoms with E-state index < -0.39 is 23.0 Å². The third-order valence-corrected chi connectivity index (χ3v) is 5.53. The number of fused-ring (bicyclic) bond motifs is 2. The number of para-hydroxylation sites is 1. The van der Waals surface area contributed by atoms with E-state index in [9.17, 15) is 8.78 Å². The van der Waals surface area contributed by atoms with Gasteiger partial charge in [-0.25, -0.2) is 8.78 Å². The summed E-state index contributed by atoms with van der Waals surface area (Å²) in [5.41, 5.74) is -2.27. The van der Waals surface area contributed by atoms with Gasteiger partial charge in [-0.05, 0) is 58.1 Å². The van der Waals surface area contributed by atoms with Crippen LogP contribution in [0.2, 0.25) is 0 Å². The number of hydrogen-bond acceptors (Lipinski definition) is 3. The zero-order valence-corrected chi connectivity index (χ0v) is 14.6. The second-order valence-electron chi connectivity index (χ2n) is 7.69. The van der Waals surface area contributed by atoms with Gasteiger partial charge in [-0.3, -0.25) is 10.3 Å². The zero-order valence-electron chi connectivity index (χ0n) is 14.6. The number of benzene rings is 1. The van der Waals surface area contributed by atoms with Crippen molar-refractivity contribution in [3.05, 3.63) is 30.3 Å². The zero-order chi connectivity index (χ0) is 18.1. The molecule has 0 aromatic heterocycles. The largest absolute Gasteiger partial charge is 0.480 e. The van der Waals surface area contributed by atoms with Crippen LogP contribution in [-0.2, 0) is 0 Å². The van der Waals surface area contributed by atoms with Crippen molar-refractivity contribution in [1.29, 1.82) is 5.26 Å². The summed E-state index contributed by atoms with van der Waals surface area (Å²) in [6, 6.07) is 9.28. The van der Waals surface area contributed by atoms with Gasteiger partial charge in [0, 0.05) is 5.41 Å². The molecule has 4 nitrogen and oxygen atoms in total. The summed E-state index contributed by atoms with van der Waals surface area (Å²) < 4.78 is 32.9. The molecule has 0 atom stereocenters. The molecule has 2 saturated carbocycles. The van der Waals surface area contributed by atoms with Crippen molar-refractivity contribution in [3.63, 3.8) is 0 Å². The van der Waals surface area contributed by atoms with Gasteiger partial charge in [0.05, 0.1) is 5.54 Å². The molecule has 0 heterocycles. The van der Waals surface area contributed by atoms with Gasteiger partial charge in [-0.1, -0.05) is 18.2 Å². The highest BCUT2D eigenvalue weighted by Crippen LogP contribution is 2.61. The molecule has 2 bridgehead atoms. The summed E-state index contributed by atoms with van der Waals surface area (Å²) in [5.74, 6) is 1.06. The molecule has 1 aromatic rings. The van der Waals surface area contributed by atoms with E-state index in [0.717, 1.165) is 0 Å². The molecule has 0 saturated heterocycles. The monoisotopic (exact) mass is 347 g/mol. The van der Waals surface area contributed by atoms with Crippen LogP contribution in [0.5, 0.6) is 5.75 Å². The number of nitriles is 1. The van der Waals surface area contributed by atoms with Crippen LogP contribution in [0, 0.1) is 16.9 Å². The molecule has 25 heavy (non-hydrogen) atoms. The van der Waals surface area contributed by atoms with Gasteiger partial charge >= 0.3 is 0 Å². The maximum atomic E-state index is 13.5. The number of nitrogens with zero attached hydrogens (tertiary/aromatic N) is 2. The number of alkyl halides is 2. The number of amidine groups is 1. The van der Waals surface area contributed by atoms with Crippen LogP contribution in [-0.4, -0.2) is 23.4 Å². The van der Waals surface area contributed by atoms with E-state index in [0.29, 0.717) is 43.7 Å². The Hall–Kier alpha value is -2.16. The van der Waals surface area contributed by atoms with Crippen molar-refractivity contribution >= 4 is 5.84 Å². The van der Waals surface area contributed by atoms with Crippen molar-refractivity contribution in [1.82, 2.24) is 5.32 Å². The molecule has 0 unspecified atom stereocenters. The normalized spacial score (nSPS) is 28.9. The van der Waals surface area contributed by atoms with Crippen LogP contribution in [0.15, 0.2) is 35.3 Å². The lowest BCUT2D eigenvalue weighted by Crippen LogP contribution is -2.47. The van der Waals surface area contributed by atoms with Crippen molar-refractivity contribution in [2.75, 3.05) is 0 Å². The Balaban J connectivity index is 1.86. The molecule has 1 aromatic carbocycles. The Labute approximate surface area is 146 Å². The van der Waals surface area contributed by atoms with E-state index in [2.05, 4.69) is 5.32 Å².